The average molecular weight is 407 g/mol. The van der Waals surface area contributed by atoms with Gasteiger partial charge in [0.15, 0.2) is 0 Å². The number of hydrogen-bond acceptors (Lipinski definition) is 4. The number of rotatable bonds is 7. The van der Waals surface area contributed by atoms with Crippen LogP contribution in [0.5, 0.6) is 0 Å². The Labute approximate surface area is 180 Å². The zero-order valence-corrected chi connectivity index (χ0v) is 18.4. The molecule has 3 fully saturated rings. The summed E-state index contributed by atoms with van der Waals surface area (Å²) in [4.78, 5) is 19.6. The van der Waals surface area contributed by atoms with Crippen molar-refractivity contribution in [3.8, 4) is 0 Å². The molecule has 5 rings (SSSR count). The van der Waals surface area contributed by atoms with Crippen molar-refractivity contribution >= 4 is 17.3 Å². The number of carbonyl (C=O) groups is 1. The van der Waals surface area contributed by atoms with Gasteiger partial charge in [-0.1, -0.05) is 18.2 Å². The summed E-state index contributed by atoms with van der Waals surface area (Å²) in [5.74, 6) is 1.49. The zero-order valence-electron chi connectivity index (χ0n) is 18.4. The molecule has 1 N–H and O–H groups in total. The van der Waals surface area contributed by atoms with Crippen LogP contribution in [-0.4, -0.2) is 64.2 Å². The molecule has 5 heteroatoms. The van der Waals surface area contributed by atoms with Gasteiger partial charge in [-0.25, -0.2) is 0 Å². The number of nitrogens with zero attached hydrogens (tertiary/aromatic N) is 3. The summed E-state index contributed by atoms with van der Waals surface area (Å²) in [5, 5.41) is 3.18. The van der Waals surface area contributed by atoms with Crippen LogP contribution >= 0.6 is 0 Å². The number of hydrogen-bond donors (Lipinski definition) is 1. The molecule has 0 unspecified atom stereocenters. The van der Waals surface area contributed by atoms with Gasteiger partial charge in [-0.05, 0) is 67.6 Å². The second-order valence-electron chi connectivity index (χ2n) is 9.06. The summed E-state index contributed by atoms with van der Waals surface area (Å²) in [6.07, 6.45) is 2.47. The second kappa shape index (κ2) is 9.09. The van der Waals surface area contributed by atoms with Gasteiger partial charge in [0, 0.05) is 63.8 Å². The van der Waals surface area contributed by atoms with E-state index in [9.17, 15) is 4.79 Å². The molecule has 1 amide bonds. The van der Waals surface area contributed by atoms with E-state index in [0.717, 1.165) is 43.3 Å². The monoisotopic (exact) mass is 406 g/mol. The maximum absolute atomic E-state index is 12.6. The highest BCUT2D eigenvalue weighted by Gasteiger charge is 2.40. The van der Waals surface area contributed by atoms with Gasteiger partial charge < -0.3 is 15.1 Å². The maximum Gasteiger partial charge on any atom is 0.251 e. The molecule has 0 saturated carbocycles. The Bertz CT molecular complexity index is 836. The molecule has 4 atom stereocenters. The van der Waals surface area contributed by atoms with Gasteiger partial charge in [-0.2, -0.15) is 0 Å². The lowest BCUT2D eigenvalue weighted by molar-refractivity contribution is 0.00517. The minimum atomic E-state index is 0.0308. The SMILES string of the molecule is CN(C)c1ccc(C(=O)NC[C@H]2C[C@@H]3CC[N@@]2C[C@@H]3CN(C)c2ccccc2)cc1. The van der Waals surface area contributed by atoms with Crippen LogP contribution in [0.15, 0.2) is 54.6 Å². The average Bonchev–Trinajstić information content (AvgIpc) is 2.78. The van der Waals surface area contributed by atoms with E-state index in [-0.39, 0.29) is 5.91 Å². The Morgan fingerprint density at radius 1 is 1.03 bits per heavy atom. The molecular formula is C25H34N4O. The van der Waals surface area contributed by atoms with Crippen molar-refractivity contribution in [1.29, 1.82) is 0 Å². The minimum Gasteiger partial charge on any atom is -0.378 e. The molecule has 0 spiro atoms. The predicted molar refractivity (Wildman–Crippen MR) is 124 cm³/mol. The molecule has 0 aliphatic carbocycles. The molecular weight excluding hydrogens is 372 g/mol. The van der Waals surface area contributed by atoms with E-state index >= 15 is 0 Å². The maximum atomic E-state index is 12.6. The third kappa shape index (κ3) is 4.62. The Morgan fingerprint density at radius 2 is 1.77 bits per heavy atom. The van der Waals surface area contributed by atoms with E-state index < -0.39 is 0 Å². The fourth-order valence-corrected chi connectivity index (χ4v) is 5.03. The summed E-state index contributed by atoms with van der Waals surface area (Å²) in [7, 11) is 6.21. The molecule has 2 aromatic rings. The quantitative estimate of drug-likeness (QED) is 0.766. The molecule has 3 saturated heterocycles. The van der Waals surface area contributed by atoms with Crippen LogP contribution in [0.4, 0.5) is 11.4 Å². The highest BCUT2D eigenvalue weighted by molar-refractivity contribution is 5.94. The fraction of sp³-hybridized carbons (Fsp3) is 0.480. The number of fused-ring (bicyclic) bond motifs is 3. The number of benzene rings is 2. The van der Waals surface area contributed by atoms with Crippen LogP contribution < -0.4 is 15.1 Å². The second-order valence-corrected chi connectivity index (χ2v) is 9.06. The number of carbonyl (C=O) groups excluding carboxylic acids is 1. The van der Waals surface area contributed by atoms with E-state index in [2.05, 4.69) is 52.5 Å². The molecule has 0 radical (unpaired) electrons. The zero-order chi connectivity index (χ0) is 21.1. The van der Waals surface area contributed by atoms with Crippen LogP contribution in [0.2, 0.25) is 0 Å². The molecule has 3 aliphatic heterocycles. The molecule has 2 bridgehead atoms. The van der Waals surface area contributed by atoms with Gasteiger partial charge >= 0.3 is 0 Å². The van der Waals surface area contributed by atoms with E-state index in [0.29, 0.717) is 12.0 Å². The first-order valence-electron chi connectivity index (χ1n) is 11.1. The summed E-state index contributed by atoms with van der Waals surface area (Å²) >= 11 is 0. The van der Waals surface area contributed by atoms with Gasteiger partial charge in [0.1, 0.15) is 0 Å². The van der Waals surface area contributed by atoms with E-state index in [1.54, 1.807) is 0 Å². The lowest BCUT2D eigenvalue weighted by Crippen LogP contribution is -2.58. The Balaban J connectivity index is 1.29. The van der Waals surface area contributed by atoms with Gasteiger partial charge in [-0.15, -0.1) is 0 Å². The van der Waals surface area contributed by atoms with Crippen LogP contribution in [0.25, 0.3) is 0 Å². The Morgan fingerprint density at radius 3 is 2.40 bits per heavy atom. The first-order chi connectivity index (χ1) is 14.5. The number of anilines is 2. The fourth-order valence-electron chi connectivity index (χ4n) is 5.03. The Kier molecular flexibility index (Phi) is 6.28. The largest absolute Gasteiger partial charge is 0.378 e. The van der Waals surface area contributed by atoms with Gasteiger partial charge in [0.25, 0.3) is 5.91 Å². The lowest BCUT2D eigenvalue weighted by atomic mass is 9.75. The smallest absolute Gasteiger partial charge is 0.251 e. The molecule has 160 valence electrons. The van der Waals surface area contributed by atoms with Crippen molar-refractivity contribution in [2.75, 3.05) is 57.1 Å². The van der Waals surface area contributed by atoms with Crippen molar-refractivity contribution in [2.24, 2.45) is 11.8 Å². The van der Waals surface area contributed by atoms with Crippen molar-refractivity contribution in [2.45, 2.75) is 18.9 Å². The van der Waals surface area contributed by atoms with E-state index in [4.69, 9.17) is 0 Å². The lowest BCUT2D eigenvalue weighted by Gasteiger charge is -2.50. The van der Waals surface area contributed by atoms with E-state index in [1.807, 2.05) is 43.3 Å². The molecule has 3 aliphatic rings. The topological polar surface area (TPSA) is 38.8 Å². The summed E-state index contributed by atoms with van der Waals surface area (Å²) in [6.45, 7) is 4.14. The third-order valence-electron chi connectivity index (χ3n) is 6.86. The number of nitrogens with one attached hydrogen (secondary N) is 1. The number of amides is 1. The minimum absolute atomic E-state index is 0.0308. The number of piperidine rings is 3. The van der Waals surface area contributed by atoms with Crippen molar-refractivity contribution in [1.82, 2.24) is 10.2 Å². The molecule has 3 heterocycles. The van der Waals surface area contributed by atoms with Crippen molar-refractivity contribution in [3.63, 3.8) is 0 Å². The van der Waals surface area contributed by atoms with Crippen LogP contribution in [0, 0.1) is 11.8 Å². The van der Waals surface area contributed by atoms with Gasteiger partial charge in [0.2, 0.25) is 0 Å². The van der Waals surface area contributed by atoms with Gasteiger partial charge in [-0.3, -0.25) is 9.69 Å². The van der Waals surface area contributed by atoms with Crippen LogP contribution in [0.3, 0.4) is 0 Å². The van der Waals surface area contributed by atoms with Gasteiger partial charge in [0.05, 0.1) is 0 Å². The van der Waals surface area contributed by atoms with E-state index in [1.165, 1.54) is 18.5 Å². The first kappa shape index (κ1) is 20.7. The van der Waals surface area contributed by atoms with Crippen molar-refractivity contribution < 1.29 is 4.79 Å². The molecule has 2 aromatic carbocycles. The third-order valence-corrected chi connectivity index (χ3v) is 6.86. The summed E-state index contributed by atoms with van der Waals surface area (Å²) in [5.41, 5.74) is 3.13. The van der Waals surface area contributed by atoms with Crippen LogP contribution in [0.1, 0.15) is 23.2 Å². The van der Waals surface area contributed by atoms with Crippen molar-refractivity contribution in [3.05, 3.63) is 60.2 Å². The Hall–Kier alpha value is -2.53. The first-order valence-corrected chi connectivity index (χ1v) is 11.1. The predicted octanol–water partition coefficient (Wildman–Crippen LogP) is 3.33. The molecule has 0 aromatic heterocycles. The number of para-hydroxylation sites is 1. The summed E-state index contributed by atoms with van der Waals surface area (Å²) in [6, 6.07) is 18.9. The van der Waals surface area contributed by atoms with Crippen LogP contribution in [-0.2, 0) is 0 Å². The highest BCUT2D eigenvalue weighted by Crippen LogP contribution is 2.36. The molecule has 5 nitrogen and oxygen atoms in total. The normalized spacial score (nSPS) is 25.0. The summed E-state index contributed by atoms with van der Waals surface area (Å²) < 4.78 is 0. The highest BCUT2D eigenvalue weighted by atomic mass is 16.1. The standard InChI is InChI=1S/C25H34N4O/c1-27(2)22-11-9-19(10-12-22)25(30)26-16-24-15-20-13-14-29(24)18-21(20)17-28(3)23-7-5-4-6-8-23/h4-12,20-21,24H,13-18H2,1-3H3,(H,26,30)/t20-,21-,24+/m0/s1. The molecule has 30 heavy (non-hydrogen) atoms.